The average molecular weight is 212 g/mol. The number of rotatable bonds is 2. The van der Waals surface area contributed by atoms with Crippen molar-refractivity contribution in [3.63, 3.8) is 0 Å². The largest absolute Gasteiger partial charge is 0.410 e. The van der Waals surface area contributed by atoms with E-state index in [-0.39, 0.29) is 0 Å². The molecule has 0 bridgehead atoms. The Bertz CT molecular complexity index is 506. The van der Waals surface area contributed by atoms with Gasteiger partial charge in [0.2, 0.25) is 0 Å². The maximum Gasteiger partial charge on any atom is 0.117 e. The van der Waals surface area contributed by atoms with Crippen LogP contribution in [0.3, 0.4) is 0 Å². The van der Waals surface area contributed by atoms with Gasteiger partial charge in [-0.05, 0) is 12.1 Å². The summed E-state index contributed by atoms with van der Waals surface area (Å²) in [5.74, 6) is 0. The van der Waals surface area contributed by atoms with Crippen LogP contribution in [0, 0.1) is 0 Å². The van der Waals surface area contributed by atoms with Gasteiger partial charge in [-0.25, -0.2) is 0 Å². The molecule has 0 fully saturated rings. The number of hydrogen-bond donors (Lipinski definition) is 2. The number of benzene rings is 2. The molecule has 2 aromatic rings. The van der Waals surface area contributed by atoms with Gasteiger partial charge < -0.3 is 10.9 Å². The Hall–Kier alpha value is -2.29. The van der Waals surface area contributed by atoms with E-state index in [2.05, 4.69) is 5.16 Å². The fraction of sp³-hybridized carbons (Fsp3) is 0. The van der Waals surface area contributed by atoms with Crippen LogP contribution in [0.1, 0.15) is 11.1 Å². The van der Waals surface area contributed by atoms with Crippen LogP contribution in [0.25, 0.3) is 0 Å². The Morgan fingerprint density at radius 1 is 0.938 bits per heavy atom. The third-order valence-corrected chi connectivity index (χ3v) is 2.31. The van der Waals surface area contributed by atoms with Crippen molar-refractivity contribution in [1.29, 1.82) is 0 Å². The first-order valence-electron chi connectivity index (χ1n) is 4.94. The molecule has 0 amide bonds. The van der Waals surface area contributed by atoms with Gasteiger partial charge in [0.15, 0.2) is 0 Å². The fourth-order valence-corrected chi connectivity index (χ4v) is 1.56. The SMILES string of the molecule is Nc1cccc(/C(=N/O)c2ccccc2)c1. The molecule has 0 saturated heterocycles. The van der Waals surface area contributed by atoms with Crippen LogP contribution in [0.4, 0.5) is 5.69 Å². The van der Waals surface area contributed by atoms with Crippen molar-refractivity contribution >= 4 is 11.4 Å². The average Bonchev–Trinajstić information content (AvgIpc) is 2.31. The zero-order valence-electron chi connectivity index (χ0n) is 8.67. The Labute approximate surface area is 93.8 Å². The summed E-state index contributed by atoms with van der Waals surface area (Å²) in [4.78, 5) is 0. The van der Waals surface area contributed by atoms with Gasteiger partial charge in [-0.3, -0.25) is 0 Å². The molecule has 0 aliphatic heterocycles. The topological polar surface area (TPSA) is 58.6 Å². The molecule has 0 aliphatic carbocycles. The van der Waals surface area contributed by atoms with E-state index in [0.29, 0.717) is 11.4 Å². The quantitative estimate of drug-likeness (QED) is 0.348. The summed E-state index contributed by atoms with van der Waals surface area (Å²) in [6.45, 7) is 0. The van der Waals surface area contributed by atoms with E-state index in [1.165, 1.54) is 0 Å². The molecule has 3 nitrogen and oxygen atoms in total. The van der Waals surface area contributed by atoms with E-state index >= 15 is 0 Å². The number of nitrogen functional groups attached to an aromatic ring is 1. The van der Waals surface area contributed by atoms with Gasteiger partial charge in [0, 0.05) is 16.8 Å². The lowest BCUT2D eigenvalue weighted by Gasteiger charge is -2.05. The molecule has 0 aromatic heterocycles. The van der Waals surface area contributed by atoms with Crippen LogP contribution in [-0.4, -0.2) is 10.9 Å². The van der Waals surface area contributed by atoms with Gasteiger partial charge in [-0.15, -0.1) is 0 Å². The summed E-state index contributed by atoms with van der Waals surface area (Å²) in [6, 6.07) is 16.7. The van der Waals surface area contributed by atoms with E-state index in [4.69, 9.17) is 10.9 Å². The van der Waals surface area contributed by atoms with Crippen molar-refractivity contribution in [2.24, 2.45) is 5.16 Å². The smallest absolute Gasteiger partial charge is 0.117 e. The maximum atomic E-state index is 9.07. The van der Waals surface area contributed by atoms with E-state index < -0.39 is 0 Å². The Balaban J connectivity index is 2.46. The highest BCUT2D eigenvalue weighted by molar-refractivity contribution is 6.12. The van der Waals surface area contributed by atoms with Gasteiger partial charge in [0.05, 0.1) is 0 Å². The molecular formula is C13H12N2O. The van der Waals surface area contributed by atoms with Crippen molar-refractivity contribution < 1.29 is 5.21 Å². The first-order valence-corrected chi connectivity index (χ1v) is 4.94. The molecule has 2 aromatic carbocycles. The minimum absolute atomic E-state index is 0.521. The molecular weight excluding hydrogens is 200 g/mol. The van der Waals surface area contributed by atoms with Crippen LogP contribution < -0.4 is 5.73 Å². The second kappa shape index (κ2) is 4.49. The molecule has 3 N–H and O–H groups in total. The Morgan fingerprint density at radius 3 is 2.25 bits per heavy atom. The predicted octanol–water partition coefficient (Wildman–Crippen LogP) is 2.50. The Morgan fingerprint density at radius 2 is 1.62 bits per heavy atom. The molecule has 0 unspecified atom stereocenters. The predicted molar refractivity (Wildman–Crippen MR) is 64.7 cm³/mol. The lowest BCUT2D eigenvalue weighted by molar-refractivity contribution is 0.319. The first-order chi connectivity index (χ1) is 7.81. The van der Waals surface area contributed by atoms with Crippen molar-refractivity contribution in [2.75, 3.05) is 5.73 Å². The molecule has 0 aliphatic rings. The summed E-state index contributed by atoms with van der Waals surface area (Å²) in [6.07, 6.45) is 0. The highest BCUT2D eigenvalue weighted by atomic mass is 16.4. The molecule has 2 rings (SSSR count). The summed E-state index contributed by atoms with van der Waals surface area (Å²) in [5.41, 5.74) is 8.52. The summed E-state index contributed by atoms with van der Waals surface area (Å²) >= 11 is 0. The lowest BCUT2D eigenvalue weighted by Crippen LogP contribution is -2.03. The lowest BCUT2D eigenvalue weighted by atomic mass is 10.0. The molecule has 0 saturated carbocycles. The van der Waals surface area contributed by atoms with E-state index in [9.17, 15) is 0 Å². The van der Waals surface area contributed by atoms with E-state index in [1.54, 1.807) is 12.1 Å². The number of oxime groups is 1. The van der Waals surface area contributed by atoms with E-state index in [0.717, 1.165) is 11.1 Å². The summed E-state index contributed by atoms with van der Waals surface area (Å²) in [7, 11) is 0. The van der Waals surface area contributed by atoms with Crippen LogP contribution in [0.5, 0.6) is 0 Å². The summed E-state index contributed by atoms with van der Waals surface area (Å²) in [5, 5.41) is 12.4. The molecule has 80 valence electrons. The van der Waals surface area contributed by atoms with Crippen LogP contribution in [0.15, 0.2) is 59.8 Å². The van der Waals surface area contributed by atoms with Gasteiger partial charge in [0.25, 0.3) is 0 Å². The zero-order chi connectivity index (χ0) is 11.4. The number of anilines is 1. The standard InChI is InChI=1S/C13H12N2O/c14-12-8-4-7-11(9-12)13(15-16)10-5-2-1-3-6-10/h1-9,16H,14H2/b15-13+. The first kappa shape index (κ1) is 10.2. The monoisotopic (exact) mass is 212 g/mol. The maximum absolute atomic E-state index is 9.07. The van der Waals surface area contributed by atoms with Gasteiger partial charge in [0.1, 0.15) is 5.71 Å². The highest BCUT2D eigenvalue weighted by Crippen LogP contribution is 2.13. The van der Waals surface area contributed by atoms with Crippen molar-refractivity contribution in [3.8, 4) is 0 Å². The van der Waals surface area contributed by atoms with Crippen molar-refractivity contribution in [2.45, 2.75) is 0 Å². The van der Waals surface area contributed by atoms with E-state index in [1.807, 2.05) is 42.5 Å². The van der Waals surface area contributed by atoms with Crippen molar-refractivity contribution in [3.05, 3.63) is 65.7 Å². The third-order valence-electron chi connectivity index (χ3n) is 2.31. The fourth-order valence-electron chi connectivity index (χ4n) is 1.56. The number of nitrogens with two attached hydrogens (primary N) is 1. The minimum Gasteiger partial charge on any atom is -0.410 e. The molecule has 0 atom stereocenters. The molecule has 0 heterocycles. The Kier molecular flexibility index (Phi) is 2.87. The van der Waals surface area contributed by atoms with Crippen LogP contribution in [-0.2, 0) is 0 Å². The molecule has 3 heteroatoms. The molecule has 0 radical (unpaired) electrons. The summed E-state index contributed by atoms with van der Waals surface area (Å²) < 4.78 is 0. The van der Waals surface area contributed by atoms with Gasteiger partial charge in [-0.1, -0.05) is 47.6 Å². The number of nitrogens with zero attached hydrogens (tertiary/aromatic N) is 1. The second-order valence-electron chi connectivity index (χ2n) is 3.44. The number of hydrogen-bond acceptors (Lipinski definition) is 3. The van der Waals surface area contributed by atoms with Crippen LogP contribution >= 0.6 is 0 Å². The zero-order valence-corrected chi connectivity index (χ0v) is 8.67. The normalized spacial score (nSPS) is 11.4. The second-order valence-corrected chi connectivity index (χ2v) is 3.44. The van der Waals surface area contributed by atoms with Crippen molar-refractivity contribution in [1.82, 2.24) is 0 Å². The molecule has 16 heavy (non-hydrogen) atoms. The third kappa shape index (κ3) is 2.03. The van der Waals surface area contributed by atoms with Crippen LogP contribution in [0.2, 0.25) is 0 Å². The minimum atomic E-state index is 0.521. The highest BCUT2D eigenvalue weighted by Gasteiger charge is 2.06. The van der Waals surface area contributed by atoms with Gasteiger partial charge >= 0.3 is 0 Å². The molecule has 0 spiro atoms. The van der Waals surface area contributed by atoms with Gasteiger partial charge in [-0.2, -0.15) is 0 Å².